The maximum atomic E-state index is 10.7. The van der Waals surface area contributed by atoms with E-state index in [-0.39, 0.29) is 11.4 Å². The van der Waals surface area contributed by atoms with Crippen LogP contribution in [-0.2, 0) is 6.42 Å². The molecule has 6 heteroatoms. The van der Waals surface area contributed by atoms with E-state index in [2.05, 4.69) is 0 Å². The summed E-state index contributed by atoms with van der Waals surface area (Å²) in [6.45, 7) is 0. The molecule has 19 heavy (non-hydrogen) atoms. The van der Waals surface area contributed by atoms with Crippen molar-refractivity contribution in [3.8, 4) is 0 Å². The van der Waals surface area contributed by atoms with Gasteiger partial charge in [-0.2, -0.15) is 10.5 Å². The van der Waals surface area contributed by atoms with Crippen LogP contribution in [0, 0.1) is 10.4 Å². The van der Waals surface area contributed by atoms with E-state index in [9.17, 15) is 10.4 Å². The predicted molar refractivity (Wildman–Crippen MR) is 67.2 cm³/mol. The first kappa shape index (κ1) is 13.6. The molecule has 0 fully saturated rings. The Balaban J connectivity index is 2.08. The number of hydrogen-bond acceptors (Lipinski definition) is 4. The van der Waals surface area contributed by atoms with Crippen LogP contribution in [0.5, 0.6) is 0 Å². The third-order valence-corrected chi connectivity index (χ3v) is 2.81. The van der Waals surface area contributed by atoms with E-state index in [0.717, 1.165) is 11.1 Å². The van der Waals surface area contributed by atoms with Crippen LogP contribution in [0.4, 0.5) is 11.4 Å². The van der Waals surface area contributed by atoms with Gasteiger partial charge in [0, 0.05) is 24.3 Å². The van der Waals surface area contributed by atoms with Gasteiger partial charge in [0.15, 0.2) is 11.4 Å². The molecule has 0 saturated carbocycles. The zero-order valence-electron chi connectivity index (χ0n) is 10.0. The van der Waals surface area contributed by atoms with Crippen molar-refractivity contribution >= 4 is 11.4 Å². The van der Waals surface area contributed by atoms with Crippen molar-refractivity contribution in [3.05, 3.63) is 70.1 Å². The first-order valence-electron chi connectivity index (χ1n) is 5.71. The summed E-state index contributed by atoms with van der Waals surface area (Å²) in [5.74, 6) is 0. The van der Waals surface area contributed by atoms with Crippen molar-refractivity contribution in [2.24, 2.45) is 0 Å². The van der Waals surface area contributed by atoms with Crippen LogP contribution in [-0.4, -0.2) is 10.4 Å². The van der Waals surface area contributed by atoms with E-state index < -0.39 is 10.5 Å². The second-order valence-corrected chi connectivity index (χ2v) is 4.18. The van der Waals surface area contributed by atoms with Crippen molar-refractivity contribution in [2.75, 3.05) is 0 Å². The average Bonchev–Trinajstić information content (AvgIpc) is 2.40. The molecule has 0 aliphatic rings. The van der Waals surface area contributed by atoms with Crippen LogP contribution >= 0.6 is 0 Å². The van der Waals surface area contributed by atoms with Crippen LogP contribution in [0.2, 0.25) is 0 Å². The smallest absolute Gasteiger partial charge is 0.163 e. The summed E-state index contributed by atoms with van der Waals surface area (Å²) in [6, 6.07) is 13.3. The standard InChI is InChI=1S/C13H14N2O4/c16-14(17)12-5-1-10(2-6-12)9-11-3-7-13(8-4-11)15(18)19/h1-8,14-16,18H,9H2. The summed E-state index contributed by atoms with van der Waals surface area (Å²) in [5, 5.41) is 37.1. The van der Waals surface area contributed by atoms with Crippen molar-refractivity contribution in [1.29, 1.82) is 0 Å². The summed E-state index contributed by atoms with van der Waals surface area (Å²) < 4.78 is 0. The van der Waals surface area contributed by atoms with Gasteiger partial charge in [0.1, 0.15) is 0 Å². The van der Waals surface area contributed by atoms with Crippen LogP contribution in [0.15, 0.2) is 48.5 Å². The Morgan fingerprint density at radius 3 is 1.26 bits per heavy atom. The fraction of sp³-hybridized carbons (Fsp3) is 0.0769. The molecule has 2 atom stereocenters. The third kappa shape index (κ3) is 3.58. The molecule has 2 rings (SSSR count). The molecule has 2 unspecified atom stereocenters. The molecule has 100 valence electrons. The van der Waals surface area contributed by atoms with Gasteiger partial charge in [0.25, 0.3) is 0 Å². The molecule has 0 heterocycles. The Labute approximate surface area is 109 Å². The summed E-state index contributed by atoms with van der Waals surface area (Å²) in [7, 11) is 0. The maximum Gasteiger partial charge on any atom is 0.163 e. The van der Waals surface area contributed by atoms with Crippen LogP contribution < -0.4 is 10.5 Å². The lowest BCUT2D eigenvalue weighted by atomic mass is 10.0. The Hall–Kier alpha value is -1.80. The van der Waals surface area contributed by atoms with Crippen LogP contribution in [0.25, 0.3) is 0 Å². The second kappa shape index (κ2) is 5.89. The number of rotatable bonds is 4. The third-order valence-electron chi connectivity index (χ3n) is 2.81. The number of quaternary nitrogens is 2. The molecule has 0 aromatic heterocycles. The molecular weight excluding hydrogens is 248 g/mol. The van der Waals surface area contributed by atoms with Crippen molar-refractivity contribution in [2.45, 2.75) is 6.42 Å². The lowest BCUT2D eigenvalue weighted by Gasteiger charge is -2.12. The molecule has 2 aromatic carbocycles. The molecular formula is C13H14N2O4. The topological polar surface area (TPSA) is 95.5 Å². The largest absolute Gasteiger partial charge is 0.595 e. The quantitative estimate of drug-likeness (QED) is 0.587. The average molecular weight is 262 g/mol. The highest BCUT2D eigenvalue weighted by Crippen LogP contribution is 2.13. The Morgan fingerprint density at radius 2 is 1.00 bits per heavy atom. The van der Waals surface area contributed by atoms with Crippen LogP contribution in [0.3, 0.4) is 0 Å². The minimum absolute atomic E-state index is 0.255. The van der Waals surface area contributed by atoms with E-state index in [4.69, 9.17) is 10.4 Å². The minimum Gasteiger partial charge on any atom is -0.595 e. The molecule has 0 bridgehead atoms. The van der Waals surface area contributed by atoms with Gasteiger partial charge in [0.05, 0.1) is 0 Å². The van der Waals surface area contributed by atoms with Crippen LogP contribution in [0.1, 0.15) is 11.1 Å². The van der Waals surface area contributed by atoms with Crippen molar-refractivity contribution in [3.63, 3.8) is 0 Å². The predicted octanol–water partition coefficient (Wildman–Crippen LogP) is 0.0842. The molecule has 6 nitrogen and oxygen atoms in total. The summed E-state index contributed by atoms with van der Waals surface area (Å²) in [4.78, 5) is 0. The molecule has 0 radical (unpaired) electrons. The molecule has 0 aliphatic heterocycles. The minimum atomic E-state index is -0.947. The fourth-order valence-corrected chi connectivity index (χ4v) is 1.77. The fourth-order valence-electron chi connectivity index (χ4n) is 1.77. The van der Waals surface area contributed by atoms with E-state index in [1.807, 2.05) is 0 Å². The summed E-state index contributed by atoms with van der Waals surface area (Å²) in [6.07, 6.45) is 0.639. The number of hydrogen-bond donors (Lipinski definition) is 4. The van der Waals surface area contributed by atoms with Gasteiger partial charge in [-0.1, -0.05) is 24.3 Å². The maximum absolute atomic E-state index is 10.7. The zero-order chi connectivity index (χ0) is 13.8. The monoisotopic (exact) mass is 262 g/mol. The normalized spacial score (nSPS) is 14.1. The Bertz CT molecular complexity index is 474. The molecule has 0 spiro atoms. The van der Waals surface area contributed by atoms with Gasteiger partial charge >= 0.3 is 0 Å². The van der Waals surface area contributed by atoms with Gasteiger partial charge in [-0.3, -0.25) is 0 Å². The van der Waals surface area contributed by atoms with E-state index in [1.54, 1.807) is 48.5 Å². The first-order chi connectivity index (χ1) is 9.06. The highest BCUT2D eigenvalue weighted by molar-refractivity contribution is 5.37. The first-order valence-corrected chi connectivity index (χ1v) is 5.71. The highest BCUT2D eigenvalue weighted by atomic mass is 16.8. The molecule has 0 saturated heterocycles. The van der Waals surface area contributed by atoms with E-state index in [0.29, 0.717) is 6.42 Å². The summed E-state index contributed by atoms with van der Waals surface area (Å²) in [5.41, 5.74) is 2.47. The van der Waals surface area contributed by atoms with Crippen molar-refractivity contribution < 1.29 is 20.9 Å². The van der Waals surface area contributed by atoms with Gasteiger partial charge in [-0.05, 0) is 17.5 Å². The van der Waals surface area contributed by atoms with Gasteiger partial charge in [-0.25, -0.2) is 10.4 Å². The van der Waals surface area contributed by atoms with Gasteiger partial charge < -0.3 is 10.4 Å². The zero-order valence-corrected chi connectivity index (χ0v) is 10.0. The van der Waals surface area contributed by atoms with Crippen molar-refractivity contribution in [1.82, 2.24) is 0 Å². The lowest BCUT2D eigenvalue weighted by molar-refractivity contribution is -0.991. The molecule has 0 aliphatic carbocycles. The SMILES string of the molecule is [O-][NH+](O)c1ccc(Cc2ccc([NH+]([O-])O)cc2)cc1. The Morgan fingerprint density at radius 1 is 0.684 bits per heavy atom. The highest BCUT2D eigenvalue weighted by Gasteiger charge is 2.03. The number of nitrogens with one attached hydrogen (secondary N) is 2. The van der Waals surface area contributed by atoms with Gasteiger partial charge in [0.2, 0.25) is 0 Å². The second-order valence-electron chi connectivity index (χ2n) is 4.18. The number of benzene rings is 2. The summed E-state index contributed by atoms with van der Waals surface area (Å²) >= 11 is 0. The molecule has 2 aromatic rings. The van der Waals surface area contributed by atoms with E-state index >= 15 is 0 Å². The Kier molecular flexibility index (Phi) is 4.23. The van der Waals surface area contributed by atoms with E-state index in [1.165, 1.54) is 0 Å². The molecule has 4 N–H and O–H groups in total. The lowest BCUT2D eigenvalue weighted by Crippen LogP contribution is -2.99. The van der Waals surface area contributed by atoms with Gasteiger partial charge in [-0.15, -0.1) is 0 Å². The molecule has 0 amide bonds.